The highest BCUT2D eigenvalue weighted by molar-refractivity contribution is 7.05. The average Bonchev–Trinajstić information content (AvgIpc) is 1.91. The minimum atomic E-state index is -1.01. The monoisotopic (exact) mass is 179 g/mol. The van der Waals surface area contributed by atoms with Crippen LogP contribution in [0.5, 0.6) is 0 Å². The maximum atomic E-state index is 6.21. The molecule has 0 aromatic carbocycles. The molecule has 1 atom stereocenters. The van der Waals surface area contributed by atoms with Gasteiger partial charge in [0.1, 0.15) is 0 Å². The smallest absolute Gasteiger partial charge is 0.213 e. The van der Waals surface area contributed by atoms with Crippen LogP contribution in [0.3, 0.4) is 0 Å². The van der Waals surface area contributed by atoms with Crippen LogP contribution >= 0.6 is 11.1 Å². The SMILES string of the molecule is CCC[SiH](Cl)N(CC)CC. The Morgan fingerprint density at radius 1 is 1.20 bits per heavy atom. The molecule has 1 unspecified atom stereocenters. The molecule has 0 aromatic rings. The first-order valence-corrected chi connectivity index (χ1v) is 7.22. The lowest BCUT2D eigenvalue weighted by Crippen LogP contribution is -2.34. The van der Waals surface area contributed by atoms with Gasteiger partial charge in [-0.1, -0.05) is 27.2 Å². The highest BCUT2D eigenvalue weighted by atomic mass is 35.6. The van der Waals surface area contributed by atoms with Gasteiger partial charge >= 0.3 is 0 Å². The van der Waals surface area contributed by atoms with E-state index < -0.39 is 8.27 Å². The van der Waals surface area contributed by atoms with Gasteiger partial charge in [-0.05, 0) is 19.1 Å². The molecule has 0 saturated heterocycles. The lowest BCUT2D eigenvalue weighted by atomic mass is 10.6. The Bertz CT molecular complexity index is 76.0. The molecule has 0 amide bonds. The van der Waals surface area contributed by atoms with Gasteiger partial charge in [-0.15, -0.1) is 0 Å². The lowest BCUT2D eigenvalue weighted by molar-refractivity contribution is 0.486. The fourth-order valence-corrected chi connectivity index (χ4v) is 4.16. The second-order valence-corrected chi connectivity index (χ2v) is 6.13. The highest BCUT2D eigenvalue weighted by Crippen LogP contribution is 2.06. The van der Waals surface area contributed by atoms with E-state index >= 15 is 0 Å². The van der Waals surface area contributed by atoms with E-state index in [9.17, 15) is 0 Å². The van der Waals surface area contributed by atoms with Crippen LogP contribution < -0.4 is 0 Å². The van der Waals surface area contributed by atoms with E-state index in [2.05, 4.69) is 25.3 Å². The van der Waals surface area contributed by atoms with Crippen molar-refractivity contribution < 1.29 is 0 Å². The summed E-state index contributed by atoms with van der Waals surface area (Å²) < 4.78 is 2.41. The van der Waals surface area contributed by atoms with Crippen molar-refractivity contribution in [3.63, 3.8) is 0 Å². The van der Waals surface area contributed by atoms with Crippen LogP contribution in [0, 0.1) is 0 Å². The summed E-state index contributed by atoms with van der Waals surface area (Å²) in [6.45, 7) is 8.81. The van der Waals surface area contributed by atoms with Crippen molar-refractivity contribution >= 4 is 19.3 Å². The number of halogens is 1. The Labute approximate surface area is 70.8 Å². The van der Waals surface area contributed by atoms with Gasteiger partial charge in [0.05, 0.1) is 0 Å². The van der Waals surface area contributed by atoms with E-state index in [1.165, 1.54) is 12.5 Å². The molecule has 0 aliphatic heterocycles. The van der Waals surface area contributed by atoms with Crippen molar-refractivity contribution in [1.29, 1.82) is 0 Å². The van der Waals surface area contributed by atoms with E-state index in [0.29, 0.717) is 0 Å². The third kappa shape index (κ3) is 3.59. The Kier molecular flexibility index (Phi) is 6.48. The Balaban J connectivity index is 3.53. The van der Waals surface area contributed by atoms with Gasteiger partial charge in [0.15, 0.2) is 0 Å². The molecule has 0 spiro atoms. The summed E-state index contributed by atoms with van der Waals surface area (Å²) in [5, 5.41) is 0. The molecular formula is C7H18ClNSi. The minimum Gasteiger partial charge on any atom is -0.315 e. The summed E-state index contributed by atoms with van der Waals surface area (Å²) in [5.41, 5.74) is 0. The van der Waals surface area contributed by atoms with Gasteiger partial charge in [0, 0.05) is 0 Å². The first-order valence-electron chi connectivity index (χ1n) is 4.14. The molecule has 0 bridgehead atoms. The van der Waals surface area contributed by atoms with Crippen LogP contribution in [0.2, 0.25) is 6.04 Å². The first-order chi connectivity index (χ1) is 4.76. The molecule has 0 saturated carbocycles. The molecule has 0 radical (unpaired) electrons. The van der Waals surface area contributed by atoms with Crippen LogP contribution in [-0.2, 0) is 0 Å². The molecule has 3 heteroatoms. The van der Waals surface area contributed by atoms with E-state index in [1.807, 2.05) is 0 Å². The second kappa shape index (κ2) is 6.19. The summed E-state index contributed by atoms with van der Waals surface area (Å²) in [6.07, 6.45) is 1.23. The topological polar surface area (TPSA) is 3.24 Å². The van der Waals surface area contributed by atoms with Crippen molar-refractivity contribution in [2.75, 3.05) is 13.1 Å². The molecule has 0 aliphatic rings. The van der Waals surface area contributed by atoms with E-state index in [4.69, 9.17) is 11.1 Å². The molecule has 0 N–H and O–H groups in total. The maximum absolute atomic E-state index is 6.21. The van der Waals surface area contributed by atoms with Gasteiger partial charge in [0.25, 0.3) is 0 Å². The number of nitrogens with zero attached hydrogens (tertiary/aromatic N) is 1. The molecule has 0 fully saturated rings. The number of hydrogen-bond donors (Lipinski definition) is 0. The van der Waals surface area contributed by atoms with Crippen LogP contribution in [0.4, 0.5) is 0 Å². The zero-order valence-corrected chi connectivity index (χ0v) is 9.14. The maximum Gasteiger partial charge on any atom is 0.213 e. The summed E-state index contributed by atoms with van der Waals surface area (Å²) in [7, 11) is -1.01. The molecule has 62 valence electrons. The summed E-state index contributed by atoms with van der Waals surface area (Å²) >= 11 is 6.21. The van der Waals surface area contributed by atoms with Crippen LogP contribution in [0.1, 0.15) is 27.2 Å². The van der Waals surface area contributed by atoms with Gasteiger partial charge < -0.3 is 4.57 Å². The van der Waals surface area contributed by atoms with Gasteiger partial charge in [-0.25, -0.2) is 0 Å². The predicted octanol–water partition coefficient (Wildman–Crippen LogP) is 2.20. The molecule has 0 aliphatic carbocycles. The van der Waals surface area contributed by atoms with Gasteiger partial charge in [-0.2, -0.15) is 11.1 Å². The molecular weight excluding hydrogens is 162 g/mol. The number of rotatable bonds is 5. The lowest BCUT2D eigenvalue weighted by Gasteiger charge is -2.22. The van der Waals surface area contributed by atoms with E-state index in [1.54, 1.807) is 0 Å². The zero-order valence-electron chi connectivity index (χ0n) is 7.23. The molecule has 1 nitrogen and oxygen atoms in total. The van der Waals surface area contributed by atoms with Crippen LogP contribution in [0.15, 0.2) is 0 Å². The van der Waals surface area contributed by atoms with Crippen molar-refractivity contribution in [1.82, 2.24) is 4.57 Å². The molecule has 10 heavy (non-hydrogen) atoms. The fraction of sp³-hybridized carbons (Fsp3) is 1.00. The van der Waals surface area contributed by atoms with Crippen molar-refractivity contribution in [2.24, 2.45) is 0 Å². The molecule has 0 aromatic heterocycles. The van der Waals surface area contributed by atoms with Crippen molar-refractivity contribution in [3.8, 4) is 0 Å². The normalized spacial score (nSPS) is 14.1. The number of hydrogen-bond acceptors (Lipinski definition) is 1. The zero-order chi connectivity index (χ0) is 7.98. The standard InChI is InChI=1S/C7H18ClNSi/c1-4-7-10(8)9(5-2)6-3/h10H,4-7H2,1-3H3. The van der Waals surface area contributed by atoms with E-state index in [-0.39, 0.29) is 0 Å². The Morgan fingerprint density at radius 2 is 1.70 bits per heavy atom. The van der Waals surface area contributed by atoms with Gasteiger partial charge in [0.2, 0.25) is 8.27 Å². The first kappa shape index (κ1) is 10.5. The molecule has 0 heterocycles. The summed E-state index contributed by atoms with van der Waals surface area (Å²) in [5.74, 6) is 0. The predicted molar refractivity (Wildman–Crippen MR) is 51.0 cm³/mol. The third-order valence-corrected chi connectivity index (χ3v) is 5.79. The molecule has 0 rings (SSSR count). The van der Waals surface area contributed by atoms with Gasteiger partial charge in [-0.3, -0.25) is 0 Å². The van der Waals surface area contributed by atoms with E-state index in [0.717, 1.165) is 13.1 Å². The third-order valence-electron chi connectivity index (χ3n) is 1.74. The average molecular weight is 180 g/mol. The summed E-state index contributed by atoms with van der Waals surface area (Å²) in [6, 6.07) is 1.24. The van der Waals surface area contributed by atoms with Crippen LogP contribution in [0.25, 0.3) is 0 Å². The highest BCUT2D eigenvalue weighted by Gasteiger charge is 2.12. The fourth-order valence-electron chi connectivity index (χ4n) is 1.04. The van der Waals surface area contributed by atoms with Crippen molar-refractivity contribution in [2.45, 2.75) is 33.2 Å². The largest absolute Gasteiger partial charge is 0.315 e. The quantitative estimate of drug-likeness (QED) is 0.462. The minimum absolute atomic E-state index is 1.01. The Morgan fingerprint density at radius 3 is 2.00 bits per heavy atom. The summed E-state index contributed by atoms with van der Waals surface area (Å²) in [4.78, 5) is 0. The van der Waals surface area contributed by atoms with Crippen LogP contribution in [-0.4, -0.2) is 25.9 Å². The Hall–Kier alpha value is 0.467. The van der Waals surface area contributed by atoms with Crippen molar-refractivity contribution in [3.05, 3.63) is 0 Å². The second-order valence-electron chi connectivity index (χ2n) is 2.44.